The SMILES string of the molecule is CC(=O)N1N=C(c2cc(F)ccc2F)SC12c1ccccc1CCCC2CCN=N. The summed E-state index contributed by atoms with van der Waals surface area (Å²) in [6.07, 6.45) is 3.21. The molecule has 5 nitrogen and oxygen atoms in total. The van der Waals surface area contributed by atoms with Crippen molar-refractivity contribution in [3.63, 3.8) is 0 Å². The summed E-state index contributed by atoms with van der Waals surface area (Å²) in [6, 6.07) is 11.2. The third-order valence-corrected chi connectivity index (χ3v) is 7.29. The van der Waals surface area contributed by atoms with Gasteiger partial charge in [0.05, 0.1) is 6.54 Å². The van der Waals surface area contributed by atoms with Crippen molar-refractivity contribution in [1.82, 2.24) is 5.01 Å². The largest absolute Gasteiger partial charge is 0.273 e. The molecule has 2 aromatic rings. The van der Waals surface area contributed by atoms with Gasteiger partial charge in [-0.05, 0) is 55.0 Å². The lowest BCUT2D eigenvalue weighted by Gasteiger charge is -2.41. The van der Waals surface area contributed by atoms with Crippen molar-refractivity contribution in [2.24, 2.45) is 16.1 Å². The van der Waals surface area contributed by atoms with Crippen LogP contribution >= 0.6 is 11.8 Å². The standard InChI is InChI=1S/C22H22F2N4OS/c1-14(29)28-22(30-21(27-28)18-13-17(23)9-10-20(18)24)16(11-12-26-25)7-4-6-15-5-2-3-8-19(15)22/h2-3,5,8-10,13,16,25H,4,6-7,11-12H2,1H3. The number of fused-ring (bicyclic) bond motifs is 2. The van der Waals surface area contributed by atoms with Crippen LogP contribution in [0.3, 0.4) is 0 Å². The van der Waals surface area contributed by atoms with Crippen molar-refractivity contribution in [1.29, 1.82) is 5.53 Å². The van der Waals surface area contributed by atoms with Gasteiger partial charge in [0.1, 0.15) is 21.5 Å². The molecule has 1 spiro atoms. The fourth-order valence-electron chi connectivity index (χ4n) is 4.48. The number of nitrogens with zero attached hydrogens (tertiary/aromatic N) is 3. The van der Waals surface area contributed by atoms with Crippen LogP contribution in [0.4, 0.5) is 8.78 Å². The fraction of sp³-hybridized carbons (Fsp3) is 0.364. The van der Waals surface area contributed by atoms with E-state index in [1.54, 1.807) is 0 Å². The molecule has 4 rings (SSSR count). The summed E-state index contributed by atoms with van der Waals surface area (Å²) in [4.78, 5) is 11.9. The van der Waals surface area contributed by atoms with E-state index < -0.39 is 16.5 Å². The van der Waals surface area contributed by atoms with Gasteiger partial charge in [-0.15, -0.1) is 0 Å². The highest BCUT2D eigenvalue weighted by molar-refractivity contribution is 8.15. The summed E-state index contributed by atoms with van der Waals surface area (Å²) in [5, 5.41) is 9.77. The minimum Gasteiger partial charge on any atom is -0.273 e. The van der Waals surface area contributed by atoms with Gasteiger partial charge in [0.25, 0.3) is 0 Å². The van der Waals surface area contributed by atoms with Crippen molar-refractivity contribution in [3.05, 3.63) is 70.8 Å². The van der Waals surface area contributed by atoms with E-state index in [9.17, 15) is 13.6 Å². The zero-order valence-corrected chi connectivity index (χ0v) is 17.4. The highest BCUT2D eigenvalue weighted by Crippen LogP contribution is 2.56. The summed E-state index contributed by atoms with van der Waals surface area (Å²) >= 11 is 1.31. The van der Waals surface area contributed by atoms with E-state index in [1.165, 1.54) is 23.7 Å². The Bertz CT molecular complexity index is 1030. The molecule has 1 aliphatic carbocycles. The van der Waals surface area contributed by atoms with Gasteiger partial charge in [0.15, 0.2) is 0 Å². The number of amides is 1. The monoisotopic (exact) mass is 428 g/mol. The molecule has 1 aliphatic heterocycles. The molecule has 2 atom stereocenters. The molecular formula is C22H22F2N4OS. The van der Waals surface area contributed by atoms with Crippen molar-refractivity contribution < 1.29 is 13.6 Å². The lowest BCUT2D eigenvalue weighted by molar-refractivity contribution is -0.133. The molecule has 0 saturated heterocycles. The van der Waals surface area contributed by atoms with E-state index in [1.807, 2.05) is 24.3 Å². The van der Waals surface area contributed by atoms with Crippen LogP contribution in [0.2, 0.25) is 0 Å². The van der Waals surface area contributed by atoms with Crippen LogP contribution in [0.25, 0.3) is 0 Å². The first kappa shape index (κ1) is 20.7. The van der Waals surface area contributed by atoms with Gasteiger partial charge in [0.2, 0.25) is 5.91 Å². The molecule has 8 heteroatoms. The normalized spacial score (nSPS) is 23.1. The molecule has 2 unspecified atom stereocenters. The van der Waals surface area contributed by atoms with Gasteiger partial charge >= 0.3 is 0 Å². The third kappa shape index (κ3) is 3.43. The molecular weight excluding hydrogens is 406 g/mol. The average Bonchev–Trinajstić information content (AvgIpc) is 3.06. The van der Waals surface area contributed by atoms with Gasteiger partial charge in [-0.1, -0.05) is 36.0 Å². The Morgan fingerprint density at radius 1 is 1.33 bits per heavy atom. The summed E-state index contributed by atoms with van der Waals surface area (Å²) < 4.78 is 28.5. The molecule has 0 bridgehead atoms. The summed E-state index contributed by atoms with van der Waals surface area (Å²) in [6.45, 7) is 1.78. The van der Waals surface area contributed by atoms with E-state index in [-0.39, 0.29) is 22.4 Å². The highest BCUT2D eigenvalue weighted by atomic mass is 32.2. The number of carbonyl (C=O) groups excluding carboxylic acids is 1. The Balaban J connectivity index is 1.90. The van der Waals surface area contributed by atoms with Gasteiger partial charge in [-0.3, -0.25) is 4.79 Å². The number of hydrogen-bond donors (Lipinski definition) is 1. The first-order valence-corrected chi connectivity index (χ1v) is 10.7. The predicted molar refractivity (Wildman–Crippen MR) is 112 cm³/mol. The van der Waals surface area contributed by atoms with Gasteiger partial charge in [0, 0.05) is 18.4 Å². The maximum atomic E-state index is 14.6. The molecule has 30 heavy (non-hydrogen) atoms. The molecule has 0 fully saturated rings. The molecule has 0 saturated carbocycles. The molecule has 1 N–H and O–H groups in total. The zero-order valence-electron chi connectivity index (χ0n) is 16.6. The van der Waals surface area contributed by atoms with Crippen LogP contribution in [0, 0.1) is 23.1 Å². The van der Waals surface area contributed by atoms with Crippen LogP contribution in [-0.4, -0.2) is 22.5 Å². The maximum absolute atomic E-state index is 14.6. The van der Waals surface area contributed by atoms with Crippen molar-refractivity contribution >= 4 is 22.7 Å². The number of aryl methyl sites for hydroxylation is 1. The molecule has 2 aliphatic rings. The minimum atomic E-state index is -0.877. The Morgan fingerprint density at radius 3 is 2.90 bits per heavy atom. The van der Waals surface area contributed by atoms with E-state index >= 15 is 0 Å². The molecule has 0 aromatic heterocycles. The topological polar surface area (TPSA) is 68.9 Å². The Morgan fingerprint density at radius 2 is 2.13 bits per heavy atom. The van der Waals surface area contributed by atoms with Crippen LogP contribution in [-0.2, 0) is 16.1 Å². The van der Waals surface area contributed by atoms with Crippen molar-refractivity contribution in [3.8, 4) is 0 Å². The third-order valence-electron chi connectivity index (χ3n) is 5.76. The van der Waals surface area contributed by atoms with E-state index in [0.29, 0.717) is 13.0 Å². The second kappa shape index (κ2) is 8.26. The van der Waals surface area contributed by atoms with Gasteiger partial charge < -0.3 is 0 Å². The van der Waals surface area contributed by atoms with E-state index in [4.69, 9.17) is 5.53 Å². The summed E-state index contributed by atoms with van der Waals surface area (Å²) in [7, 11) is 0. The van der Waals surface area contributed by atoms with Crippen LogP contribution in [0.15, 0.2) is 52.7 Å². The second-order valence-electron chi connectivity index (χ2n) is 7.58. The first-order valence-electron chi connectivity index (χ1n) is 9.93. The van der Waals surface area contributed by atoms with Crippen LogP contribution in [0.5, 0.6) is 0 Å². The number of thioether (sulfide) groups is 1. The Hall–Kier alpha value is -2.61. The molecule has 1 amide bonds. The fourth-order valence-corrected chi connectivity index (χ4v) is 6.13. The highest BCUT2D eigenvalue weighted by Gasteiger charge is 2.54. The van der Waals surface area contributed by atoms with Gasteiger partial charge in [-0.25, -0.2) is 19.3 Å². The number of benzene rings is 2. The number of rotatable bonds is 4. The lowest BCUT2D eigenvalue weighted by atomic mass is 9.86. The molecule has 0 radical (unpaired) electrons. The van der Waals surface area contributed by atoms with E-state index in [2.05, 4.69) is 10.2 Å². The summed E-state index contributed by atoms with van der Waals surface area (Å²) in [5.74, 6) is -1.44. The van der Waals surface area contributed by atoms with Gasteiger partial charge in [-0.2, -0.15) is 10.2 Å². The number of halogens is 2. The van der Waals surface area contributed by atoms with Crippen LogP contribution < -0.4 is 0 Å². The number of hydrazone groups is 1. The Labute approximate surface area is 178 Å². The summed E-state index contributed by atoms with van der Waals surface area (Å²) in [5.41, 5.74) is 9.40. The molecule has 2 aromatic carbocycles. The minimum absolute atomic E-state index is 0.0398. The first-order chi connectivity index (χ1) is 14.5. The number of hydrogen-bond acceptors (Lipinski definition) is 5. The lowest BCUT2D eigenvalue weighted by Crippen LogP contribution is -2.46. The van der Waals surface area contributed by atoms with E-state index in [0.717, 1.165) is 48.6 Å². The zero-order chi connectivity index (χ0) is 21.3. The molecule has 1 heterocycles. The quantitative estimate of drug-likeness (QED) is 0.658. The smallest absolute Gasteiger partial charge is 0.241 e. The second-order valence-corrected chi connectivity index (χ2v) is 8.79. The average molecular weight is 429 g/mol. The Kier molecular flexibility index (Phi) is 5.69. The number of nitrogens with one attached hydrogen (secondary N) is 1. The number of carbonyl (C=O) groups is 1. The van der Waals surface area contributed by atoms with Crippen LogP contribution in [0.1, 0.15) is 42.9 Å². The predicted octanol–water partition coefficient (Wildman–Crippen LogP) is 5.45. The molecule has 156 valence electrons. The van der Waals surface area contributed by atoms with Crippen molar-refractivity contribution in [2.75, 3.05) is 6.54 Å². The maximum Gasteiger partial charge on any atom is 0.241 e. The van der Waals surface area contributed by atoms with Crippen molar-refractivity contribution in [2.45, 2.75) is 37.5 Å².